The third-order valence-electron chi connectivity index (χ3n) is 6.02. The average Bonchev–Trinajstić information content (AvgIpc) is 3.10. The first-order chi connectivity index (χ1) is 12.9. The summed E-state index contributed by atoms with van der Waals surface area (Å²) in [5.41, 5.74) is 3.18. The molecule has 1 aliphatic heterocycles. The Labute approximate surface area is 159 Å². The lowest BCUT2D eigenvalue weighted by Crippen LogP contribution is -2.46. The number of benzene rings is 2. The summed E-state index contributed by atoms with van der Waals surface area (Å²) in [6.45, 7) is 5.75. The molecule has 1 aliphatic carbocycles. The number of hydrogen-bond acceptors (Lipinski definition) is 4. The maximum Gasteiger partial charge on any atom is 0.150 e. The van der Waals surface area contributed by atoms with E-state index >= 15 is 0 Å². The van der Waals surface area contributed by atoms with Crippen molar-refractivity contribution in [2.45, 2.75) is 25.2 Å². The van der Waals surface area contributed by atoms with Gasteiger partial charge in [0, 0.05) is 31.6 Å². The average molecular weight is 364 g/mol. The van der Waals surface area contributed by atoms with Crippen molar-refractivity contribution >= 4 is 27.4 Å². The van der Waals surface area contributed by atoms with Crippen LogP contribution in [0.5, 0.6) is 0 Å². The largest absolute Gasteiger partial charge is 0.353 e. The van der Waals surface area contributed by atoms with Crippen LogP contribution >= 0.6 is 11.5 Å². The number of rotatable bonds is 5. The topological polar surface area (TPSA) is 19.4 Å². The van der Waals surface area contributed by atoms with E-state index in [1.54, 1.807) is 22.7 Å². The number of fused-ring (bicyclic) bond motifs is 2. The summed E-state index contributed by atoms with van der Waals surface area (Å²) in [6, 6.07) is 17.6. The molecule has 1 aromatic heterocycles. The molecule has 5 rings (SSSR count). The Bertz CT molecular complexity index is 895. The number of nitrogens with zero attached hydrogens (tertiary/aromatic N) is 3. The summed E-state index contributed by atoms with van der Waals surface area (Å²) in [7, 11) is 0. The predicted molar refractivity (Wildman–Crippen MR) is 110 cm³/mol. The Kier molecular flexibility index (Phi) is 4.39. The van der Waals surface area contributed by atoms with Crippen molar-refractivity contribution in [3.05, 3.63) is 59.7 Å². The van der Waals surface area contributed by atoms with Crippen molar-refractivity contribution in [3.63, 3.8) is 0 Å². The normalized spacial score (nSPS) is 20.2. The SMILES string of the molecule is c1ccc2c(c1)C[C@H]2CCCN1CCN(c2nsc3ccccc23)CC1. The second-order valence-corrected chi connectivity index (χ2v) is 8.38. The zero-order valence-corrected chi connectivity index (χ0v) is 15.9. The molecule has 1 saturated heterocycles. The van der Waals surface area contributed by atoms with Gasteiger partial charge in [-0.25, -0.2) is 0 Å². The van der Waals surface area contributed by atoms with Crippen LogP contribution in [0.15, 0.2) is 48.5 Å². The van der Waals surface area contributed by atoms with Crippen molar-refractivity contribution in [1.82, 2.24) is 9.27 Å². The molecule has 2 aromatic carbocycles. The Hall–Kier alpha value is -1.91. The molecule has 2 aliphatic rings. The molecule has 0 bridgehead atoms. The summed E-state index contributed by atoms with van der Waals surface area (Å²) in [5, 5.41) is 1.31. The zero-order chi connectivity index (χ0) is 17.3. The molecule has 1 atom stereocenters. The highest BCUT2D eigenvalue weighted by molar-refractivity contribution is 7.13. The summed E-state index contributed by atoms with van der Waals surface area (Å²) >= 11 is 1.62. The molecule has 0 N–H and O–H groups in total. The van der Waals surface area contributed by atoms with E-state index in [1.807, 2.05) is 0 Å². The van der Waals surface area contributed by atoms with E-state index in [0.29, 0.717) is 0 Å². The Morgan fingerprint density at radius 1 is 0.962 bits per heavy atom. The van der Waals surface area contributed by atoms with Crippen LogP contribution in [0, 0.1) is 0 Å². The maximum absolute atomic E-state index is 4.72. The van der Waals surface area contributed by atoms with E-state index in [-0.39, 0.29) is 0 Å². The molecular weight excluding hydrogens is 338 g/mol. The van der Waals surface area contributed by atoms with E-state index in [0.717, 1.165) is 32.1 Å². The lowest BCUT2D eigenvalue weighted by Gasteiger charge is -2.36. The molecular formula is C22H25N3S. The smallest absolute Gasteiger partial charge is 0.150 e. The lowest BCUT2D eigenvalue weighted by atomic mass is 9.75. The quantitative estimate of drug-likeness (QED) is 0.663. The van der Waals surface area contributed by atoms with Crippen molar-refractivity contribution in [3.8, 4) is 0 Å². The van der Waals surface area contributed by atoms with Gasteiger partial charge in [0.25, 0.3) is 0 Å². The minimum Gasteiger partial charge on any atom is -0.353 e. The molecule has 2 heterocycles. The Balaban J connectivity index is 1.11. The zero-order valence-electron chi connectivity index (χ0n) is 15.1. The van der Waals surface area contributed by atoms with Gasteiger partial charge in [-0.15, -0.1) is 0 Å². The van der Waals surface area contributed by atoms with Crippen molar-refractivity contribution in [2.75, 3.05) is 37.6 Å². The molecule has 0 saturated carbocycles. The van der Waals surface area contributed by atoms with Gasteiger partial charge in [0.15, 0.2) is 0 Å². The van der Waals surface area contributed by atoms with E-state index in [2.05, 4.69) is 58.3 Å². The predicted octanol–water partition coefficient (Wildman–Crippen LogP) is 4.54. The van der Waals surface area contributed by atoms with Crippen LogP contribution in [0.2, 0.25) is 0 Å². The van der Waals surface area contributed by atoms with E-state index < -0.39 is 0 Å². The molecule has 3 aromatic rings. The number of anilines is 1. The van der Waals surface area contributed by atoms with Crippen molar-refractivity contribution in [2.24, 2.45) is 0 Å². The molecule has 1 fully saturated rings. The first-order valence-electron chi connectivity index (χ1n) is 9.78. The van der Waals surface area contributed by atoms with Gasteiger partial charge in [-0.05, 0) is 66.5 Å². The van der Waals surface area contributed by atoms with Gasteiger partial charge in [-0.3, -0.25) is 4.90 Å². The van der Waals surface area contributed by atoms with Gasteiger partial charge in [0.2, 0.25) is 0 Å². The Morgan fingerprint density at radius 3 is 2.65 bits per heavy atom. The van der Waals surface area contributed by atoms with Crippen LogP contribution in [0.1, 0.15) is 29.9 Å². The summed E-state index contributed by atoms with van der Waals surface area (Å²) in [6.07, 6.45) is 3.95. The first kappa shape index (κ1) is 16.3. The highest BCUT2D eigenvalue weighted by Crippen LogP contribution is 2.38. The standard InChI is InChI=1S/C22H25N3S/c1-2-8-19-17(6-1)16-18(19)7-5-11-24-12-14-25(15-13-24)22-20-9-3-4-10-21(20)26-23-22/h1-4,6,8-10,18H,5,7,11-16H2/t18-/m1/s1. The van der Waals surface area contributed by atoms with Gasteiger partial charge >= 0.3 is 0 Å². The van der Waals surface area contributed by atoms with E-state index in [1.165, 1.54) is 41.7 Å². The fourth-order valence-corrected chi connectivity index (χ4v) is 5.26. The van der Waals surface area contributed by atoms with Gasteiger partial charge in [0.1, 0.15) is 5.82 Å². The minimum atomic E-state index is 0.814. The third-order valence-corrected chi connectivity index (χ3v) is 6.84. The minimum absolute atomic E-state index is 0.814. The van der Waals surface area contributed by atoms with Gasteiger partial charge in [0.05, 0.1) is 4.70 Å². The van der Waals surface area contributed by atoms with Gasteiger partial charge < -0.3 is 4.90 Å². The molecule has 26 heavy (non-hydrogen) atoms. The highest BCUT2D eigenvalue weighted by atomic mass is 32.1. The van der Waals surface area contributed by atoms with Crippen LogP contribution in [-0.4, -0.2) is 42.0 Å². The van der Waals surface area contributed by atoms with E-state index in [4.69, 9.17) is 4.37 Å². The summed E-state index contributed by atoms with van der Waals surface area (Å²) in [5.74, 6) is 2.00. The molecule has 0 amide bonds. The maximum atomic E-state index is 4.72. The van der Waals surface area contributed by atoms with Crippen LogP contribution in [0.4, 0.5) is 5.82 Å². The second kappa shape index (κ2) is 7.01. The van der Waals surface area contributed by atoms with E-state index in [9.17, 15) is 0 Å². The van der Waals surface area contributed by atoms with Crippen LogP contribution in [-0.2, 0) is 6.42 Å². The molecule has 0 spiro atoms. The molecule has 3 nitrogen and oxygen atoms in total. The van der Waals surface area contributed by atoms with Crippen LogP contribution in [0.3, 0.4) is 0 Å². The number of piperazine rings is 1. The summed E-state index contributed by atoms with van der Waals surface area (Å²) in [4.78, 5) is 5.10. The number of hydrogen-bond donors (Lipinski definition) is 0. The van der Waals surface area contributed by atoms with Crippen molar-refractivity contribution in [1.29, 1.82) is 0 Å². The van der Waals surface area contributed by atoms with Gasteiger partial charge in [-0.1, -0.05) is 36.4 Å². The highest BCUT2D eigenvalue weighted by Gasteiger charge is 2.25. The fourth-order valence-electron chi connectivity index (χ4n) is 4.47. The molecule has 0 unspecified atom stereocenters. The number of aromatic nitrogens is 1. The molecule has 0 radical (unpaired) electrons. The van der Waals surface area contributed by atoms with Crippen LogP contribution < -0.4 is 4.90 Å². The van der Waals surface area contributed by atoms with Crippen molar-refractivity contribution < 1.29 is 0 Å². The first-order valence-corrected chi connectivity index (χ1v) is 10.6. The van der Waals surface area contributed by atoms with Crippen LogP contribution in [0.25, 0.3) is 10.1 Å². The van der Waals surface area contributed by atoms with Gasteiger partial charge in [-0.2, -0.15) is 4.37 Å². The fraction of sp³-hybridized carbons (Fsp3) is 0.409. The summed E-state index contributed by atoms with van der Waals surface area (Å²) < 4.78 is 6.02. The Morgan fingerprint density at radius 2 is 1.77 bits per heavy atom. The third kappa shape index (κ3) is 3.01. The lowest BCUT2D eigenvalue weighted by molar-refractivity contribution is 0.249. The molecule has 134 valence electrons. The molecule has 4 heteroatoms. The monoisotopic (exact) mass is 363 g/mol. The second-order valence-electron chi connectivity index (χ2n) is 7.57.